The first kappa shape index (κ1) is 20.8. The van der Waals surface area contributed by atoms with Gasteiger partial charge in [0.05, 0.1) is 50.2 Å². The Morgan fingerprint density at radius 3 is 2.61 bits per heavy atom. The van der Waals surface area contributed by atoms with Gasteiger partial charge in [0.25, 0.3) is 0 Å². The second-order valence-electron chi connectivity index (χ2n) is 5.76. The van der Waals surface area contributed by atoms with Gasteiger partial charge in [0.1, 0.15) is 5.57 Å². The molecule has 0 spiro atoms. The Balaban J connectivity index is 2.13. The molecule has 0 saturated heterocycles. The van der Waals surface area contributed by atoms with E-state index in [1.807, 2.05) is 6.92 Å². The van der Waals surface area contributed by atoms with Gasteiger partial charge in [-0.1, -0.05) is 29.4 Å². The van der Waals surface area contributed by atoms with E-state index >= 15 is 0 Å². The number of methoxy groups -OCH3 is 2. The zero-order valence-electron chi connectivity index (χ0n) is 16.1. The fourth-order valence-electron chi connectivity index (χ4n) is 2.41. The highest BCUT2D eigenvalue weighted by Crippen LogP contribution is 2.19. The number of aryl methyl sites for hydroxylation is 2. The molecule has 0 radical (unpaired) electrons. The Morgan fingerprint density at radius 2 is 1.93 bits per heavy atom. The van der Waals surface area contributed by atoms with E-state index < -0.39 is 11.9 Å². The maximum atomic E-state index is 12.0. The number of carbonyl (C=O) groups excluding carboxylic acids is 2. The van der Waals surface area contributed by atoms with Crippen molar-refractivity contribution in [1.82, 2.24) is 9.97 Å². The lowest BCUT2D eigenvalue weighted by atomic mass is 10.0. The highest BCUT2D eigenvalue weighted by Gasteiger charge is 2.16. The second kappa shape index (κ2) is 9.96. The number of carbonyl (C=O) groups is 2. The first-order valence-electron chi connectivity index (χ1n) is 8.39. The van der Waals surface area contributed by atoms with Crippen LogP contribution in [0.5, 0.6) is 0 Å². The van der Waals surface area contributed by atoms with Crippen LogP contribution in [0.4, 0.5) is 0 Å². The molecular weight excluding hydrogens is 362 g/mol. The van der Waals surface area contributed by atoms with Crippen LogP contribution in [0.25, 0.3) is 5.57 Å². The van der Waals surface area contributed by atoms with Gasteiger partial charge in [-0.15, -0.1) is 0 Å². The van der Waals surface area contributed by atoms with Crippen LogP contribution in [0, 0.1) is 13.8 Å². The van der Waals surface area contributed by atoms with E-state index in [0.717, 1.165) is 5.69 Å². The smallest absolute Gasteiger partial charge is 0.341 e. The maximum Gasteiger partial charge on any atom is 0.341 e. The highest BCUT2D eigenvalue weighted by molar-refractivity contribution is 6.18. The Hall–Kier alpha value is -3.55. The summed E-state index contributed by atoms with van der Waals surface area (Å²) in [5.74, 6) is -1.14. The van der Waals surface area contributed by atoms with E-state index in [1.165, 1.54) is 26.7 Å². The third-order valence-corrected chi connectivity index (χ3v) is 3.72. The number of hydrogen-bond acceptors (Lipinski definition) is 8. The van der Waals surface area contributed by atoms with E-state index in [-0.39, 0.29) is 12.0 Å². The summed E-state index contributed by atoms with van der Waals surface area (Å²) in [6, 6.07) is 6.94. The largest absolute Gasteiger partial charge is 0.503 e. The molecule has 0 aliphatic rings. The zero-order valence-corrected chi connectivity index (χ0v) is 16.1. The molecule has 146 valence electrons. The molecule has 0 amide bonds. The van der Waals surface area contributed by atoms with Crippen molar-refractivity contribution < 1.29 is 23.9 Å². The third kappa shape index (κ3) is 5.47. The summed E-state index contributed by atoms with van der Waals surface area (Å²) in [4.78, 5) is 37.3. The SMILES string of the molecule is CO/C=C(/C(=O)OC)c1ccccc1/C=N/OC(=O)Cc1ncc(C)nc1C. The molecule has 0 aliphatic carbocycles. The van der Waals surface area contributed by atoms with Gasteiger partial charge < -0.3 is 14.3 Å². The van der Waals surface area contributed by atoms with Crippen molar-refractivity contribution in [3.8, 4) is 0 Å². The summed E-state index contributed by atoms with van der Waals surface area (Å²) < 4.78 is 9.73. The van der Waals surface area contributed by atoms with Gasteiger partial charge in [0.15, 0.2) is 0 Å². The van der Waals surface area contributed by atoms with Crippen molar-refractivity contribution in [3.63, 3.8) is 0 Å². The lowest BCUT2D eigenvalue weighted by molar-refractivity contribution is -0.142. The Kier molecular flexibility index (Phi) is 7.38. The Bertz CT molecular complexity index is 922. The van der Waals surface area contributed by atoms with Gasteiger partial charge in [-0.2, -0.15) is 0 Å². The van der Waals surface area contributed by atoms with Gasteiger partial charge in [-0.25, -0.2) is 9.59 Å². The van der Waals surface area contributed by atoms with Crippen LogP contribution >= 0.6 is 0 Å². The normalized spacial score (nSPS) is 11.4. The topological polar surface area (TPSA) is 100.0 Å². The van der Waals surface area contributed by atoms with Crippen LogP contribution in [-0.4, -0.2) is 42.3 Å². The summed E-state index contributed by atoms with van der Waals surface area (Å²) >= 11 is 0. The number of hydrogen-bond donors (Lipinski definition) is 0. The van der Waals surface area contributed by atoms with Crippen LogP contribution in [0.2, 0.25) is 0 Å². The van der Waals surface area contributed by atoms with Crippen molar-refractivity contribution in [1.29, 1.82) is 0 Å². The molecule has 1 heterocycles. The van der Waals surface area contributed by atoms with Gasteiger partial charge in [0, 0.05) is 17.3 Å². The van der Waals surface area contributed by atoms with Gasteiger partial charge in [-0.3, -0.25) is 9.97 Å². The molecule has 8 nitrogen and oxygen atoms in total. The number of aromatic nitrogens is 2. The third-order valence-electron chi connectivity index (χ3n) is 3.72. The summed E-state index contributed by atoms with van der Waals surface area (Å²) in [6.07, 6.45) is 4.16. The molecule has 0 N–H and O–H groups in total. The summed E-state index contributed by atoms with van der Waals surface area (Å²) in [7, 11) is 2.71. The van der Waals surface area contributed by atoms with Crippen molar-refractivity contribution in [2.45, 2.75) is 20.3 Å². The first-order valence-corrected chi connectivity index (χ1v) is 8.39. The molecule has 0 bridgehead atoms. The van der Waals surface area contributed by atoms with Gasteiger partial charge in [-0.05, 0) is 13.8 Å². The number of esters is 1. The maximum absolute atomic E-state index is 12.0. The second-order valence-corrected chi connectivity index (χ2v) is 5.76. The molecule has 8 heteroatoms. The minimum atomic E-state index is -0.574. The van der Waals surface area contributed by atoms with Crippen molar-refractivity contribution in [2.24, 2.45) is 5.16 Å². The molecule has 0 atom stereocenters. The Labute approximate surface area is 162 Å². The quantitative estimate of drug-likeness (QED) is 0.181. The van der Waals surface area contributed by atoms with Gasteiger partial charge >= 0.3 is 11.9 Å². The van der Waals surface area contributed by atoms with Crippen LogP contribution in [0.15, 0.2) is 41.9 Å². The van der Waals surface area contributed by atoms with E-state index in [2.05, 4.69) is 15.1 Å². The summed E-state index contributed by atoms with van der Waals surface area (Å²) in [6.45, 7) is 3.60. The van der Waals surface area contributed by atoms with Crippen molar-refractivity contribution >= 4 is 23.7 Å². The van der Waals surface area contributed by atoms with E-state index in [4.69, 9.17) is 14.3 Å². The molecular formula is C20H21N3O5. The fraction of sp³-hybridized carbons (Fsp3) is 0.250. The standard InChI is InChI=1S/C20H21N3O5/c1-13-10-21-18(14(2)23-13)9-19(24)28-22-11-15-7-5-6-8-16(15)17(12-26-3)20(25)27-4/h5-8,10-12H,9H2,1-4H3/b17-12+,22-11+. The summed E-state index contributed by atoms with van der Waals surface area (Å²) in [5, 5.41) is 3.73. The van der Waals surface area contributed by atoms with Crippen LogP contribution in [-0.2, 0) is 30.3 Å². The van der Waals surface area contributed by atoms with E-state index in [9.17, 15) is 9.59 Å². The molecule has 0 fully saturated rings. The molecule has 1 aromatic heterocycles. The van der Waals surface area contributed by atoms with Crippen LogP contribution in [0.3, 0.4) is 0 Å². The fourth-order valence-corrected chi connectivity index (χ4v) is 2.41. The number of benzene rings is 1. The number of oxime groups is 1. The van der Waals surface area contributed by atoms with Gasteiger partial charge in [0.2, 0.25) is 0 Å². The highest BCUT2D eigenvalue weighted by atomic mass is 16.7. The van der Waals surface area contributed by atoms with Crippen molar-refractivity contribution in [2.75, 3.05) is 14.2 Å². The minimum absolute atomic E-state index is 0.0465. The molecule has 0 aliphatic heterocycles. The number of nitrogens with zero attached hydrogens (tertiary/aromatic N) is 3. The Morgan fingerprint density at radius 1 is 1.18 bits per heavy atom. The average molecular weight is 383 g/mol. The zero-order chi connectivity index (χ0) is 20.5. The molecule has 2 aromatic rings. The molecule has 28 heavy (non-hydrogen) atoms. The predicted octanol–water partition coefficient (Wildman–Crippen LogP) is 2.37. The lowest BCUT2D eigenvalue weighted by Gasteiger charge is -2.08. The molecule has 2 rings (SSSR count). The van der Waals surface area contributed by atoms with Crippen LogP contribution < -0.4 is 0 Å². The first-order chi connectivity index (χ1) is 13.5. The summed E-state index contributed by atoms with van der Waals surface area (Å²) in [5.41, 5.74) is 3.26. The van der Waals surface area contributed by atoms with Crippen LogP contribution in [0.1, 0.15) is 28.2 Å². The number of rotatable bonds is 7. The predicted molar refractivity (Wildman–Crippen MR) is 102 cm³/mol. The van der Waals surface area contributed by atoms with E-state index in [1.54, 1.807) is 37.4 Å². The average Bonchev–Trinajstić information content (AvgIpc) is 2.68. The van der Waals surface area contributed by atoms with E-state index in [0.29, 0.717) is 22.5 Å². The molecule has 0 unspecified atom stereocenters. The van der Waals surface area contributed by atoms with Crippen molar-refractivity contribution in [3.05, 3.63) is 64.9 Å². The number of ether oxygens (including phenoxy) is 2. The molecule has 1 aromatic carbocycles. The molecule has 0 saturated carbocycles. The monoisotopic (exact) mass is 383 g/mol. The lowest BCUT2D eigenvalue weighted by Crippen LogP contribution is -2.09. The minimum Gasteiger partial charge on any atom is -0.503 e.